The zero-order valence-electron chi connectivity index (χ0n) is 11.1. The molecule has 0 aliphatic carbocycles. The third-order valence-electron chi connectivity index (χ3n) is 2.97. The Morgan fingerprint density at radius 3 is 2.50 bits per heavy atom. The summed E-state index contributed by atoms with van der Waals surface area (Å²) in [4.78, 5) is 2.13. The summed E-state index contributed by atoms with van der Waals surface area (Å²) >= 11 is 0. The molecule has 0 amide bonds. The van der Waals surface area contributed by atoms with Gasteiger partial charge in [0.1, 0.15) is 5.75 Å². The Bertz CT molecular complexity index is 547. The van der Waals surface area contributed by atoms with Crippen LogP contribution in [0.25, 0.3) is 11.1 Å². The Labute approximate surface area is 109 Å². The van der Waals surface area contributed by atoms with Crippen molar-refractivity contribution in [1.82, 2.24) is 4.90 Å². The number of benzene rings is 2. The highest BCUT2D eigenvalue weighted by Gasteiger charge is 2.06. The highest BCUT2D eigenvalue weighted by atomic mass is 16.3. The van der Waals surface area contributed by atoms with E-state index in [1.54, 1.807) is 0 Å². The van der Waals surface area contributed by atoms with Crippen LogP contribution in [0.3, 0.4) is 0 Å². The lowest BCUT2D eigenvalue weighted by Gasteiger charge is -2.12. The Kier molecular flexibility index (Phi) is 3.68. The van der Waals surface area contributed by atoms with E-state index in [4.69, 9.17) is 0 Å². The van der Waals surface area contributed by atoms with Crippen molar-refractivity contribution >= 4 is 0 Å². The number of nitrogens with zero attached hydrogens (tertiary/aromatic N) is 1. The van der Waals surface area contributed by atoms with Crippen molar-refractivity contribution in [1.29, 1.82) is 0 Å². The van der Waals surface area contributed by atoms with E-state index in [-0.39, 0.29) is 0 Å². The summed E-state index contributed by atoms with van der Waals surface area (Å²) in [5, 5.41) is 10.1. The minimum atomic E-state index is 0.375. The van der Waals surface area contributed by atoms with Gasteiger partial charge in [-0.2, -0.15) is 0 Å². The van der Waals surface area contributed by atoms with Crippen LogP contribution in [0.4, 0.5) is 0 Å². The molecule has 0 fully saturated rings. The van der Waals surface area contributed by atoms with Gasteiger partial charge < -0.3 is 10.0 Å². The Hall–Kier alpha value is -1.80. The van der Waals surface area contributed by atoms with Gasteiger partial charge >= 0.3 is 0 Å². The molecule has 0 bridgehead atoms. The molecular formula is C16H19NO. The number of phenolic OH excluding ortho intramolecular Hbond substituents is 1. The maximum absolute atomic E-state index is 10.1. The van der Waals surface area contributed by atoms with Gasteiger partial charge in [0, 0.05) is 12.1 Å². The second kappa shape index (κ2) is 5.23. The number of rotatable bonds is 3. The molecule has 0 radical (unpaired) electrons. The maximum atomic E-state index is 10.1. The minimum Gasteiger partial charge on any atom is -0.507 e. The minimum absolute atomic E-state index is 0.375. The van der Waals surface area contributed by atoms with Crippen molar-refractivity contribution in [2.24, 2.45) is 0 Å². The lowest BCUT2D eigenvalue weighted by Crippen LogP contribution is -2.10. The molecule has 0 saturated carbocycles. The topological polar surface area (TPSA) is 23.5 Å². The van der Waals surface area contributed by atoms with E-state index < -0.39 is 0 Å². The fourth-order valence-corrected chi connectivity index (χ4v) is 2.09. The second-order valence-electron chi connectivity index (χ2n) is 4.91. The van der Waals surface area contributed by atoms with Crippen LogP contribution in [-0.4, -0.2) is 24.1 Å². The van der Waals surface area contributed by atoms with E-state index in [2.05, 4.69) is 31.1 Å². The van der Waals surface area contributed by atoms with Crippen molar-refractivity contribution in [2.75, 3.05) is 14.1 Å². The number of aromatic hydroxyl groups is 1. The van der Waals surface area contributed by atoms with Crippen LogP contribution < -0.4 is 0 Å². The first-order chi connectivity index (χ1) is 8.58. The second-order valence-corrected chi connectivity index (χ2v) is 4.91. The quantitative estimate of drug-likeness (QED) is 0.890. The number of hydrogen-bond donors (Lipinski definition) is 1. The van der Waals surface area contributed by atoms with Gasteiger partial charge in [-0.3, -0.25) is 0 Å². The van der Waals surface area contributed by atoms with Crippen LogP contribution >= 0.6 is 0 Å². The molecule has 2 rings (SSSR count). The standard InChI is InChI=1S/C16H19NO/c1-12-6-4-9-15(16(12)18)14-8-5-7-13(10-14)11-17(2)3/h4-10,18H,11H2,1-3H3. The van der Waals surface area contributed by atoms with Crippen LogP contribution in [0.5, 0.6) is 5.75 Å². The molecule has 0 spiro atoms. The van der Waals surface area contributed by atoms with Gasteiger partial charge in [-0.25, -0.2) is 0 Å². The molecular weight excluding hydrogens is 222 g/mol. The van der Waals surface area contributed by atoms with Gasteiger partial charge in [0.05, 0.1) is 0 Å². The molecule has 0 atom stereocenters. The highest BCUT2D eigenvalue weighted by Crippen LogP contribution is 2.32. The highest BCUT2D eigenvalue weighted by molar-refractivity contribution is 5.72. The van der Waals surface area contributed by atoms with Gasteiger partial charge in [-0.05, 0) is 43.8 Å². The Balaban J connectivity index is 2.41. The molecule has 0 aliphatic heterocycles. The van der Waals surface area contributed by atoms with Gasteiger partial charge in [-0.1, -0.05) is 36.4 Å². The zero-order chi connectivity index (χ0) is 13.1. The van der Waals surface area contributed by atoms with E-state index >= 15 is 0 Å². The molecule has 18 heavy (non-hydrogen) atoms. The summed E-state index contributed by atoms with van der Waals surface area (Å²) in [5.41, 5.74) is 4.12. The molecule has 2 heteroatoms. The summed E-state index contributed by atoms with van der Waals surface area (Å²) in [6.45, 7) is 2.82. The van der Waals surface area contributed by atoms with Crippen LogP contribution in [0, 0.1) is 6.92 Å². The first-order valence-electron chi connectivity index (χ1n) is 6.10. The average molecular weight is 241 g/mol. The average Bonchev–Trinajstić information content (AvgIpc) is 2.32. The van der Waals surface area contributed by atoms with Crippen LogP contribution in [0.1, 0.15) is 11.1 Å². The predicted octanol–water partition coefficient (Wildman–Crippen LogP) is 3.43. The molecule has 94 valence electrons. The molecule has 2 aromatic carbocycles. The molecule has 2 aromatic rings. The summed E-state index contributed by atoms with van der Waals surface area (Å²) in [6, 6.07) is 14.2. The molecule has 2 nitrogen and oxygen atoms in total. The molecule has 0 aliphatic rings. The van der Waals surface area contributed by atoms with Crippen molar-refractivity contribution in [2.45, 2.75) is 13.5 Å². The van der Waals surface area contributed by atoms with Crippen LogP contribution in [-0.2, 0) is 6.54 Å². The maximum Gasteiger partial charge on any atom is 0.126 e. The molecule has 0 unspecified atom stereocenters. The molecule has 0 aromatic heterocycles. The van der Waals surface area contributed by atoms with E-state index in [1.807, 2.05) is 37.3 Å². The van der Waals surface area contributed by atoms with Gasteiger partial charge in [0.2, 0.25) is 0 Å². The lowest BCUT2D eigenvalue weighted by atomic mass is 10.00. The largest absolute Gasteiger partial charge is 0.507 e. The Morgan fingerprint density at radius 1 is 1.06 bits per heavy atom. The first kappa shape index (κ1) is 12.7. The smallest absolute Gasteiger partial charge is 0.126 e. The van der Waals surface area contributed by atoms with Gasteiger partial charge in [0.25, 0.3) is 0 Å². The van der Waals surface area contributed by atoms with Crippen molar-refractivity contribution in [3.63, 3.8) is 0 Å². The number of hydrogen-bond acceptors (Lipinski definition) is 2. The van der Waals surface area contributed by atoms with Crippen molar-refractivity contribution in [3.05, 3.63) is 53.6 Å². The number of aryl methyl sites for hydroxylation is 1. The monoisotopic (exact) mass is 241 g/mol. The third-order valence-corrected chi connectivity index (χ3v) is 2.97. The molecule has 0 saturated heterocycles. The SMILES string of the molecule is Cc1cccc(-c2cccc(CN(C)C)c2)c1O. The fourth-order valence-electron chi connectivity index (χ4n) is 2.09. The summed E-state index contributed by atoms with van der Waals surface area (Å²) in [5.74, 6) is 0.375. The van der Waals surface area contributed by atoms with E-state index in [1.165, 1.54) is 5.56 Å². The lowest BCUT2D eigenvalue weighted by molar-refractivity contribution is 0.402. The Morgan fingerprint density at radius 2 is 1.78 bits per heavy atom. The summed E-state index contributed by atoms with van der Waals surface area (Å²) < 4.78 is 0. The summed E-state index contributed by atoms with van der Waals surface area (Å²) in [7, 11) is 4.10. The third kappa shape index (κ3) is 2.71. The first-order valence-corrected chi connectivity index (χ1v) is 6.10. The normalized spacial score (nSPS) is 10.9. The molecule has 1 N–H and O–H groups in total. The fraction of sp³-hybridized carbons (Fsp3) is 0.250. The van der Waals surface area contributed by atoms with Crippen molar-refractivity contribution in [3.8, 4) is 16.9 Å². The van der Waals surface area contributed by atoms with E-state index in [0.29, 0.717) is 5.75 Å². The van der Waals surface area contributed by atoms with E-state index in [0.717, 1.165) is 23.2 Å². The van der Waals surface area contributed by atoms with E-state index in [9.17, 15) is 5.11 Å². The van der Waals surface area contributed by atoms with Gasteiger partial charge in [0.15, 0.2) is 0 Å². The van der Waals surface area contributed by atoms with Gasteiger partial charge in [-0.15, -0.1) is 0 Å². The molecule has 0 heterocycles. The predicted molar refractivity (Wildman–Crippen MR) is 75.7 cm³/mol. The van der Waals surface area contributed by atoms with Crippen molar-refractivity contribution < 1.29 is 5.11 Å². The summed E-state index contributed by atoms with van der Waals surface area (Å²) in [6.07, 6.45) is 0. The zero-order valence-corrected chi connectivity index (χ0v) is 11.1. The number of para-hydroxylation sites is 1. The van der Waals surface area contributed by atoms with Crippen LogP contribution in [0.2, 0.25) is 0 Å². The number of phenols is 1. The van der Waals surface area contributed by atoms with Crippen LogP contribution in [0.15, 0.2) is 42.5 Å².